The number of amides is 2. The fourth-order valence-electron chi connectivity index (χ4n) is 3.84. The molecule has 0 aromatic carbocycles. The van der Waals surface area contributed by atoms with Crippen LogP contribution in [0.5, 0.6) is 0 Å². The maximum absolute atomic E-state index is 12.3. The molecule has 6 heteroatoms. The lowest BCUT2D eigenvalue weighted by Gasteiger charge is -2.41. The summed E-state index contributed by atoms with van der Waals surface area (Å²) in [5, 5.41) is 3.05. The molecule has 0 bridgehead atoms. The molecule has 138 valence electrons. The topological polar surface area (TPSA) is 57.7 Å². The average molecular weight is 346 g/mol. The van der Waals surface area contributed by atoms with Crippen LogP contribution in [0.25, 0.3) is 0 Å². The first-order chi connectivity index (χ1) is 12.2. The number of hydrogen-bond acceptors (Lipinski definition) is 4. The molecule has 1 N–H and O–H groups in total. The summed E-state index contributed by atoms with van der Waals surface area (Å²) in [6.45, 7) is 8.51. The van der Waals surface area contributed by atoms with Gasteiger partial charge in [0.2, 0.25) is 0 Å². The Bertz CT molecular complexity index is 525. The van der Waals surface area contributed by atoms with Gasteiger partial charge in [-0.25, -0.2) is 4.79 Å². The summed E-state index contributed by atoms with van der Waals surface area (Å²) < 4.78 is 5.45. The van der Waals surface area contributed by atoms with Crippen LogP contribution in [0, 0.1) is 5.92 Å². The second-order valence-electron chi connectivity index (χ2n) is 7.05. The molecule has 2 aliphatic heterocycles. The van der Waals surface area contributed by atoms with Gasteiger partial charge in [0.1, 0.15) is 0 Å². The second kappa shape index (κ2) is 9.15. The summed E-state index contributed by atoms with van der Waals surface area (Å²) in [7, 11) is 0. The Balaban J connectivity index is 1.37. The highest BCUT2D eigenvalue weighted by Gasteiger charge is 2.29. The number of carbonyl (C=O) groups is 1. The van der Waals surface area contributed by atoms with Gasteiger partial charge in [0.15, 0.2) is 0 Å². The first-order valence-corrected chi connectivity index (χ1v) is 9.47. The molecule has 6 nitrogen and oxygen atoms in total. The Morgan fingerprint density at radius 1 is 1.24 bits per heavy atom. The van der Waals surface area contributed by atoms with Gasteiger partial charge in [-0.2, -0.15) is 0 Å². The van der Waals surface area contributed by atoms with Crippen molar-refractivity contribution in [1.29, 1.82) is 0 Å². The predicted octanol–water partition coefficient (Wildman–Crippen LogP) is 1.77. The van der Waals surface area contributed by atoms with E-state index in [-0.39, 0.29) is 6.03 Å². The first-order valence-electron chi connectivity index (χ1n) is 9.47. The van der Waals surface area contributed by atoms with E-state index in [1.54, 1.807) is 12.4 Å². The van der Waals surface area contributed by atoms with Crippen LogP contribution >= 0.6 is 0 Å². The summed E-state index contributed by atoms with van der Waals surface area (Å²) in [6.07, 6.45) is 6.61. The van der Waals surface area contributed by atoms with Gasteiger partial charge in [0, 0.05) is 51.2 Å². The molecule has 2 aliphatic rings. The summed E-state index contributed by atoms with van der Waals surface area (Å²) >= 11 is 0. The Morgan fingerprint density at radius 2 is 1.92 bits per heavy atom. The number of nitrogens with one attached hydrogen (secondary N) is 1. The lowest BCUT2D eigenvalue weighted by molar-refractivity contribution is 0.000258. The molecule has 25 heavy (non-hydrogen) atoms. The number of aromatic nitrogens is 1. The minimum absolute atomic E-state index is 0.0755. The lowest BCUT2D eigenvalue weighted by Crippen LogP contribution is -2.50. The summed E-state index contributed by atoms with van der Waals surface area (Å²) in [4.78, 5) is 20.9. The molecule has 0 aliphatic carbocycles. The minimum atomic E-state index is 0.0755. The maximum atomic E-state index is 12.3. The molecule has 0 radical (unpaired) electrons. The van der Waals surface area contributed by atoms with Gasteiger partial charge in [-0.1, -0.05) is 0 Å². The van der Waals surface area contributed by atoms with E-state index >= 15 is 0 Å². The molecule has 0 spiro atoms. The fraction of sp³-hybridized carbons (Fsp3) is 0.684. The summed E-state index contributed by atoms with van der Waals surface area (Å²) in [5.41, 5.74) is 1.20. The minimum Gasteiger partial charge on any atom is -0.379 e. The molecule has 2 fully saturated rings. The van der Waals surface area contributed by atoms with Crippen molar-refractivity contribution in [3.63, 3.8) is 0 Å². The third-order valence-corrected chi connectivity index (χ3v) is 5.57. The number of ether oxygens (including phenoxy) is 1. The van der Waals surface area contributed by atoms with Gasteiger partial charge in [-0.05, 0) is 49.8 Å². The standard InChI is InChI=1S/C19H30N4O2/c1-16(22-12-14-25-15-13-22)18-5-10-23(11-6-18)19(24)21-9-4-17-2-7-20-8-3-17/h2-3,7-8,16,18H,4-6,9-15H2,1H3,(H,21,24). The Morgan fingerprint density at radius 3 is 2.60 bits per heavy atom. The number of nitrogens with zero attached hydrogens (tertiary/aromatic N) is 3. The molecule has 1 atom stereocenters. The van der Waals surface area contributed by atoms with E-state index < -0.39 is 0 Å². The van der Waals surface area contributed by atoms with Crippen molar-refractivity contribution in [3.05, 3.63) is 30.1 Å². The highest BCUT2D eigenvalue weighted by Crippen LogP contribution is 2.24. The molecule has 3 heterocycles. The zero-order valence-electron chi connectivity index (χ0n) is 15.2. The van der Waals surface area contributed by atoms with Crippen molar-refractivity contribution in [2.24, 2.45) is 5.92 Å². The van der Waals surface area contributed by atoms with E-state index in [9.17, 15) is 4.79 Å². The number of morpholine rings is 1. The molecule has 2 saturated heterocycles. The number of likely N-dealkylation sites (tertiary alicyclic amines) is 1. The molecule has 1 unspecified atom stereocenters. The van der Waals surface area contributed by atoms with Crippen molar-refractivity contribution in [1.82, 2.24) is 20.1 Å². The van der Waals surface area contributed by atoms with Gasteiger partial charge in [-0.15, -0.1) is 0 Å². The van der Waals surface area contributed by atoms with E-state index in [0.29, 0.717) is 18.5 Å². The van der Waals surface area contributed by atoms with Crippen LogP contribution in [-0.4, -0.2) is 72.8 Å². The number of rotatable bonds is 5. The van der Waals surface area contributed by atoms with Gasteiger partial charge in [0.05, 0.1) is 13.2 Å². The highest BCUT2D eigenvalue weighted by molar-refractivity contribution is 5.74. The van der Waals surface area contributed by atoms with Crippen molar-refractivity contribution >= 4 is 6.03 Å². The quantitative estimate of drug-likeness (QED) is 0.883. The van der Waals surface area contributed by atoms with Crippen LogP contribution in [0.2, 0.25) is 0 Å². The molecular formula is C19H30N4O2. The first kappa shape index (κ1) is 18.1. The number of piperidine rings is 1. The monoisotopic (exact) mass is 346 g/mol. The number of carbonyl (C=O) groups excluding carboxylic acids is 1. The van der Waals surface area contributed by atoms with Gasteiger partial charge >= 0.3 is 6.03 Å². The Hall–Kier alpha value is -1.66. The van der Waals surface area contributed by atoms with Crippen LogP contribution in [-0.2, 0) is 11.2 Å². The maximum Gasteiger partial charge on any atom is 0.317 e. The molecular weight excluding hydrogens is 316 g/mol. The predicted molar refractivity (Wildman–Crippen MR) is 97.5 cm³/mol. The SMILES string of the molecule is CC(C1CCN(C(=O)NCCc2ccncc2)CC1)N1CCOCC1. The summed E-state index contributed by atoms with van der Waals surface area (Å²) in [6, 6.07) is 4.64. The average Bonchev–Trinajstić information content (AvgIpc) is 2.69. The van der Waals surface area contributed by atoms with Crippen molar-refractivity contribution in [2.75, 3.05) is 45.9 Å². The second-order valence-corrected chi connectivity index (χ2v) is 7.05. The van der Waals surface area contributed by atoms with E-state index in [1.807, 2.05) is 17.0 Å². The van der Waals surface area contributed by atoms with Crippen LogP contribution in [0.15, 0.2) is 24.5 Å². The summed E-state index contributed by atoms with van der Waals surface area (Å²) in [5.74, 6) is 0.680. The zero-order valence-corrected chi connectivity index (χ0v) is 15.2. The number of hydrogen-bond donors (Lipinski definition) is 1. The zero-order chi connectivity index (χ0) is 17.5. The number of pyridine rings is 1. The third-order valence-electron chi connectivity index (χ3n) is 5.57. The van der Waals surface area contributed by atoms with E-state index in [2.05, 4.69) is 22.1 Å². The van der Waals surface area contributed by atoms with Gasteiger partial charge in [-0.3, -0.25) is 9.88 Å². The largest absolute Gasteiger partial charge is 0.379 e. The third kappa shape index (κ3) is 5.16. The normalized spacial score (nSPS) is 21.1. The Kier molecular flexibility index (Phi) is 6.64. The van der Waals surface area contributed by atoms with E-state index in [4.69, 9.17) is 4.74 Å². The smallest absolute Gasteiger partial charge is 0.317 e. The van der Waals surface area contributed by atoms with Gasteiger partial charge in [0.25, 0.3) is 0 Å². The molecule has 2 amide bonds. The fourth-order valence-corrected chi connectivity index (χ4v) is 3.84. The molecule has 1 aromatic rings. The van der Waals surface area contributed by atoms with Crippen molar-refractivity contribution in [3.8, 4) is 0 Å². The van der Waals surface area contributed by atoms with Crippen LogP contribution in [0.1, 0.15) is 25.3 Å². The highest BCUT2D eigenvalue weighted by atomic mass is 16.5. The molecule has 3 rings (SSSR count). The van der Waals surface area contributed by atoms with Crippen molar-refractivity contribution in [2.45, 2.75) is 32.2 Å². The van der Waals surface area contributed by atoms with Crippen LogP contribution in [0.4, 0.5) is 4.79 Å². The van der Waals surface area contributed by atoms with E-state index in [1.165, 1.54) is 5.56 Å². The van der Waals surface area contributed by atoms with Crippen LogP contribution in [0.3, 0.4) is 0 Å². The number of urea groups is 1. The van der Waals surface area contributed by atoms with Crippen LogP contribution < -0.4 is 5.32 Å². The Labute approximate surface area is 150 Å². The molecule has 1 aromatic heterocycles. The lowest BCUT2D eigenvalue weighted by atomic mass is 9.89. The molecule has 0 saturated carbocycles. The van der Waals surface area contributed by atoms with E-state index in [0.717, 1.165) is 58.7 Å². The van der Waals surface area contributed by atoms with Crippen molar-refractivity contribution < 1.29 is 9.53 Å². The van der Waals surface area contributed by atoms with Gasteiger partial charge < -0.3 is 15.0 Å².